The van der Waals surface area contributed by atoms with Crippen LogP contribution in [0.2, 0.25) is 0 Å². The molecule has 3 aromatic rings. The van der Waals surface area contributed by atoms with Gasteiger partial charge in [0.25, 0.3) is 17.7 Å². The van der Waals surface area contributed by atoms with Crippen LogP contribution in [0.1, 0.15) is 5.56 Å². The third-order valence-corrected chi connectivity index (χ3v) is 4.92. The number of ether oxygens (including phenoxy) is 1. The second kappa shape index (κ2) is 9.83. The van der Waals surface area contributed by atoms with Gasteiger partial charge in [-0.2, -0.15) is 0 Å². The standard InChI is InChI=1S/C24H17FN4O6/c25-18-10-4-5-11-19(18)26-21(30)14-35-22-15(7-6-12-20(22)29(33)34)13-17-23(31)27-28(24(17)32)16-8-2-1-3-9-16/h1-13H,14H2,(H,26,30)(H,27,31)/b17-13-. The van der Waals surface area contributed by atoms with E-state index in [0.717, 1.165) is 23.2 Å². The van der Waals surface area contributed by atoms with Crippen molar-refractivity contribution in [3.63, 3.8) is 0 Å². The number of nitrogens with zero attached hydrogens (tertiary/aromatic N) is 2. The predicted octanol–water partition coefficient (Wildman–Crippen LogP) is 3.21. The van der Waals surface area contributed by atoms with Crippen molar-refractivity contribution in [1.29, 1.82) is 0 Å². The van der Waals surface area contributed by atoms with E-state index in [9.17, 15) is 28.9 Å². The zero-order chi connectivity index (χ0) is 24.9. The maximum atomic E-state index is 13.8. The first-order valence-electron chi connectivity index (χ1n) is 10.2. The summed E-state index contributed by atoms with van der Waals surface area (Å²) >= 11 is 0. The summed E-state index contributed by atoms with van der Waals surface area (Å²) < 4.78 is 19.2. The Bertz CT molecular complexity index is 1360. The molecule has 10 nitrogen and oxygen atoms in total. The molecule has 0 spiro atoms. The average molecular weight is 476 g/mol. The summed E-state index contributed by atoms with van der Waals surface area (Å²) in [6.07, 6.45) is 1.15. The number of nitro benzene ring substituents is 1. The molecule has 3 aromatic carbocycles. The SMILES string of the molecule is O=C(COc1c(/C=C2/C(=O)NN(c3ccccc3)C2=O)cccc1[N+](=O)[O-])Nc1ccccc1F. The number of hydrazine groups is 1. The summed E-state index contributed by atoms with van der Waals surface area (Å²) in [6, 6.07) is 17.7. The zero-order valence-electron chi connectivity index (χ0n) is 17.9. The Morgan fingerprint density at radius 1 is 1.06 bits per heavy atom. The monoisotopic (exact) mass is 476 g/mol. The fourth-order valence-electron chi connectivity index (χ4n) is 3.32. The van der Waals surface area contributed by atoms with Crippen LogP contribution in [0.25, 0.3) is 6.08 Å². The zero-order valence-corrected chi connectivity index (χ0v) is 17.9. The molecule has 2 N–H and O–H groups in total. The highest BCUT2D eigenvalue weighted by Crippen LogP contribution is 2.33. The lowest BCUT2D eigenvalue weighted by Gasteiger charge is -2.14. The van der Waals surface area contributed by atoms with Crippen molar-refractivity contribution in [2.24, 2.45) is 0 Å². The number of hydrogen-bond donors (Lipinski definition) is 2. The molecule has 1 aliphatic rings. The second-order valence-corrected chi connectivity index (χ2v) is 7.24. The maximum Gasteiger partial charge on any atom is 0.311 e. The van der Waals surface area contributed by atoms with Crippen LogP contribution in [0.3, 0.4) is 0 Å². The summed E-state index contributed by atoms with van der Waals surface area (Å²) in [5.74, 6) is -3.14. The molecule has 3 amide bonds. The number of carbonyl (C=O) groups excluding carboxylic acids is 3. The predicted molar refractivity (Wildman–Crippen MR) is 124 cm³/mol. The summed E-state index contributed by atoms with van der Waals surface area (Å²) in [5.41, 5.74) is 2.04. The second-order valence-electron chi connectivity index (χ2n) is 7.24. The lowest BCUT2D eigenvalue weighted by molar-refractivity contribution is -0.385. The molecular formula is C24H17FN4O6. The Balaban J connectivity index is 1.61. The molecule has 1 heterocycles. The van der Waals surface area contributed by atoms with E-state index in [1.807, 2.05) is 0 Å². The minimum atomic E-state index is -0.767. The Hall–Kier alpha value is -5.06. The van der Waals surface area contributed by atoms with Gasteiger partial charge in [-0.05, 0) is 30.3 Å². The van der Waals surface area contributed by atoms with Crippen LogP contribution in [-0.4, -0.2) is 29.3 Å². The molecule has 0 radical (unpaired) electrons. The Morgan fingerprint density at radius 2 is 1.77 bits per heavy atom. The van der Waals surface area contributed by atoms with Gasteiger partial charge < -0.3 is 10.1 Å². The van der Waals surface area contributed by atoms with E-state index in [-0.39, 0.29) is 22.6 Å². The van der Waals surface area contributed by atoms with E-state index in [2.05, 4.69) is 10.7 Å². The Labute approximate surface area is 197 Å². The third kappa shape index (κ3) is 4.98. The van der Waals surface area contributed by atoms with Gasteiger partial charge >= 0.3 is 5.69 Å². The van der Waals surface area contributed by atoms with Gasteiger partial charge in [0, 0.05) is 11.6 Å². The smallest absolute Gasteiger partial charge is 0.311 e. The summed E-state index contributed by atoms with van der Waals surface area (Å²) in [7, 11) is 0. The normalized spacial score (nSPS) is 14.1. The fourth-order valence-corrected chi connectivity index (χ4v) is 3.32. The van der Waals surface area contributed by atoms with Gasteiger partial charge in [-0.15, -0.1) is 0 Å². The first-order valence-corrected chi connectivity index (χ1v) is 10.2. The molecule has 0 unspecified atom stereocenters. The number of nitrogens with one attached hydrogen (secondary N) is 2. The summed E-state index contributed by atoms with van der Waals surface area (Å²) in [4.78, 5) is 48.4. The van der Waals surface area contributed by atoms with E-state index in [1.54, 1.807) is 30.3 Å². The van der Waals surface area contributed by atoms with E-state index in [1.165, 1.54) is 30.3 Å². The molecule has 1 saturated heterocycles. The van der Waals surface area contributed by atoms with Crippen molar-refractivity contribution in [2.75, 3.05) is 16.9 Å². The van der Waals surface area contributed by atoms with Crippen LogP contribution in [0, 0.1) is 15.9 Å². The molecule has 1 fully saturated rings. The van der Waals surface area contributed by atoms with Crippen molar-refractivity contribution in [2.45, 2.75) is 0 Å². The minimum absolute atomic E-state index is 0.0336. The van der Waals surface area contributed by atoms with Gasteiger partial charge in [0.2, 0.25) is 5.75 Å². The topological polar surface area (TPSA) is 131 Å². The number of benzene rings is 3. The average Bonchev–Trinajstić information content (AvgIpc) is 3.13. The molecule has 1 aliphatic heterocycles. The fraction of sp³-hybridized carbons (Fsp3) is 0.0417. The third-order valence-electron chi connectivity index (χ3n) is 4.92. The maximum absolute atomic E-state index is 13.8. The summed E-state index contributed by atoms with van der Waals surface area (Å²) in [5, 5.41) is 14.9. The number of nitro groups is 1. The van der Waals surface area contributed by atoms with Gasteiger partial charge in [0.05, 0.1) is 16.3 Å². The van der Waals surface area contributed by atoms with Gasteiger partial charge in [0.1, 0.15) is 11.4 Å². The molecule has 0 bridgehead atoms. The van der Waals surface area contributed by atoms with Gasteiger partial charge in [-0.25, -0.2) is 9.40 Å². The van der Waals surface area contributed by atoms with Crippen LogP contribution in [0.5, 0.6) is 5.75 Å². The number of anilines is 2. The van der Waals surface area contributed by atoms with Crippen LogP contribution >= 0.6 is 0 Å². The van der Waals surface area contributed by atoms with Gasteiger partial charge in [-0.1, -0.05) is 42.5 Å². The first-order chi connectivity index (χ1) is 16.8. The van der Waals surface area contributed by atoms with Crippen LogP contribution in [-0.2, 0) is 14.4 Å². The number of amides is 3. The van der Waals surface area contributed by atoms with Crippen molar-refractivity contribution in [3.05, 3.63) is 99.9 Å². The lowest BCUT2D eigenvalue weighted by Crippen LogP contribution is -2.35. The Kier molecular flexibility index (Phi) is 6.49. The van der Waals surface area contributed by atoms with Crippen LogP contribution < -0.4 is 20.5 Å². The van der Waals surface area contributed by atoms with Crippen molar-refractivity contribution >= 4 is 40.9 Å². The highest BCUT2D eigenvalue weighted by Gasteiger charge is 2.35. The molecule has 35 heavy (non-hydrogen) atoms. The van der Waals surface area contributed by atoms with Crippen LogP contribution in [0.4, 0.5) is 21.5 Å². The quantitative estimate of drug-likeness (QED) is 0.233. The highest BCUT2D eigenvalue weighted by molar-refractivity contribution is 6.31. The van der Waals surface area contributed by atoms with Crippen LogP contribution in [0.15, 0.2) is 78.4 Å². The number of para-hydroxylation sites is 3. The number of halogens is 1. The molecule has 11 heteroatoms. The lowest BCUT2D eigenvalue weighted by atomic mass is 10.1. The van der Waals surface area contributed by atoms with E-state index >= 15 is 0 Å². The number of carbonyl (C=O) groups is 3. The van der Waals surface area contributed by atoms with E-state index in [0.29, 0.717) is 5.69 Å². The Morgan fingerprint density at radius 3 is 2.49 bits per heavy atom. The number of hydrogen-bond acceptors (Lipinski definition) is 6. The highest BCUT2D eigenvalue weighted by atomic mass is 19.1. The molecule has 0 aromatic heterocycles. The van der Waals surface area contributed by atoms with E-state index < -0.39 is 40.8 Å². The van der Waals surface area contributed by atoms with Gasteiger partial charge in [-0.3, -0.25) is 29.9 Å². The van der Waals surface area contributed by atoms with Gasteiger partial charge in [0.15, 0.2) is 6.61 Å². The van der Waals surface area contributed by atoms with E-state index in [4.69, 9.17) is 4.74 Å². The largest absolute Gasteiger partial charge is 0.476 e. The number of rotatable bonds is 7. The molecular weight excluding hydrogens is 459 g/mol. The molecule has 0 aliphatic carbocycles. The summed E-state index contributed by atoms with van der Waals surface area (Å²) in [6.45, 7) is -0.689. The van der Waals surface area contributed by atoms with Crippen molar-refractivity contribution in [1.82, 2.24) is 5.43 Å². The molecule has 0 atom stereocenters. The molecule has 0 saturated carbocycles. The molecule has 4 rings (SSSR count). The molecule has 176 valence electrons. The minimum Gasteiger partial charge on any atom is -0.476 e. The van der Waals surface area contributed by atoms with Crippen molar-refractivity contribution in [3.8, 4) is 5.75 Å². The first kappa shape index (κ1) is 23.1. The van der Waals surface area contributed by atoms with Crippen molar-refractivity contribution < 1.29 is 28.4 Å².